The molecule has 3 N–H and O–H groups in total. The van der Waals surface area contributed by atoms with Crippen molar-refractivity contribution in [1.29, 1.82) is 0 Å². The van der Waals surface area contributed by atoms with Crippen LogP contribution in [0.2, 0.25) is 0 Å². The monoisotopic (exact) mass is 205 g/mol. The lowest BCUT2D eigenvalue weighted by Crippen LogP contribution is -2.38. The van der Waals surface area contributed by atoms with E-state index >= 15 is 0 Å². The number of aliphatic hydroxyl groups is 2. The topological polar surface area (TPSA) is 78.8 Å². The van der Waals surface area contributed by atoms with Crippen LogP contribution in [0.5, 0.6) is 0 Å². The average Bonchev–Trinajstić information content (AvgIpc) is 2.21. The minimum absolute atomic E-state index is 0.156. The van der Waals surface area contributed by atoms with E-state index in [-0.39, 0.29) is 18.6 Å². The quantitative estimate of drug-likeness (QED) is 0.478. The van der Waals surface area contributed by atoms with Crippen LogP contribution in [-0.2, 0) is 9.53 Å². The van der Waals surface area contributed by atoms with Gasteiger partial charge in [-0.3, -0.25) is 4.79 Å². The number of likely N-dealkylation sites (N-methyl/N-ethyl adjacent to an activating group) is 1. The number of aliphatic hydroxyl groups excluding tert-OH is 2. The van der Waals surface area contributed by atoms with Crippen molar-refractivity contribution in [3.8, 4) is 0 Å². The number of rotatable bonds is 7. The van der Waals surface area contributed by atoms with Crippen molar-refractivity contribution < 1.29 is 19.7 Å². The molecule has 84 valence electrons. The molecule has 0 aliphatic carbocycles. The summed E-state index contributed by atoms with van der Waals surface area (Å²) >= 11 is 0. The van der Waals surface area contributed by atoms with Gasteiger partial charge in [0, 0.05) is 0 Å². The molecule has 0 aliphatic rings. The molecule has 0 fully saturated rings. The van der Waals surface area contributed by atoms with Crippen molar-refractivity contribution in [3.63, 3.8) is 0 Å². The van der Waals surface area contributed by atoms with E-state index in [0.717, 1.165) is 0 Å². The first kappa shape index (κ1) is 13.4. The number of carbonyl (C=O) groups excluding carboxylic acids is 1. The molecular weight excluding hydrogens is 186 g/mol. The number of carbonyl (C=O) groups is 1. The number of hydrogen-bond acceptors (Lipinski definition) is 5. The summed E-state index contributed by atoms with van der Waals surface area (Å²) in [6.07, 6.45) is -0.347. The molecular formula is C9H19NO4. The molecule has 5 heteroatoms. The standard InChI is InChI=1S/C9H19NO4/c1-3-8(10-4-2)9(13)14-6-7(12)5-11/h7-8,10-12H,3-6H2,1-2H3. The Labute approximate surface area is 84.1 Å². The lowest BCUT2D eigenvalue weighted by molar-refractivity contribution is -0.149. The maximum Gasteiger partial charge on any atom is 0.323 e. The van der Waals surface area contributed by atoms with E-state index in [0.29, 0.717) is 13.0 Å². The first-order valence-corrected chi connectivity index (χ1v) is 4.84. The summed E-state index contributed by atoms with van der Waals surface area (Å²) in [5.41, 5.74) is 0. The molecule has 2 unspecified atom stereocenters. The van der Waals surface area contributed by atoms with E-state index < -0.39 is 12.7 Å². The van der Waals surface area contributed by atoms with Crippen LogP contribution in [0.4, 0.5) is 0 Å². The third-order valence-corrected chi connectivity index (χ3v) is 1.77. The smallest absolute Gasteiger partial charge is 0.323 e. The predicted molar refractivity (Wildman–Crippen MR) is 51.8 cm³/mol. The Morgan fingerprint density at radius 1 is 1.50 bits per heavy atom. The van der Waals surface area contributed by atoms with Gasteiger partial charge >= 0.3 is 5.97 Å². The van der Waals surface area contributed by atoms with Crippen LogP contribution in [0.3, 0.4) is 0 Å². The Hall–Kier alpha value is -0.650. The fourth-order valence-electron chi connectivity index (χ4n) is 0.972. The number of ether oxygens (including phenoxy) is 1. The van der Waals surface area contributed by atoms with Crippen molar-refractivity contribution in [2.75, 3.05) is 19.8 Å². The highest BCUT2D eigenvalue weighted by atomic mass is 16.5. The summed E-state index contributed by atoms with van der Waals surface area (Å²) < 4.78 is 4.79. The predicted octanol–water partition coefficient (Wildman–Crippen LogP) is -0.729. The third-order valence-electron chi connectivity index (χ3n) is 1.77. The van der Waals surface area contributed by atoms with Crippen LogP contribution in [0.15, 0.2) is 0 Å². The van der Waals surface area contributed by atoms with E-state index in [4.69, 9.17) is 14.9 Å². The van der Waals surface area contributed by atoms with Crippen molar-refractivity contribution in [1.82, 2.24) is 5.32 Å². The van der Waals surface area contributed by atoms with Crippen molar-refractivity contribution in [3.05, 3.63) is 0 Å². The maximum absolute atomic E-state index is 11.3. The van der Waals surface area contributed by atoms with Crippen LogP contribution < -0.4 is 5.32 Å². The highest BCUT2D eigenvalue weighted by Crippen LogP contribution is 1.95. The van der Waals surface area contributed by atoms with Gasteiger partial charge in [-0.2, -0.15) is 0 Å². The molecule has 0 rings (SSSR count). The summed E-state index contributed by atoms with van der Waals surface area (Å²) in [5.74, 6) is -0.387. The summed E-state index contributed by atoms with van der Waals surface area (Å²) in [6, 6.07) is -0.328. The SMILES string of the molecule is CCNC(CC)C(=O)OCC(O)CO. The second-order valence-electron chi connectivity index (χ2n) is 2.98. The molecule has 0 aliphatic heterocycles. The van der Waals surface area contributed by atoms with Gasteiger partial charge in [0.15, 0.2) is 0 Å². The van der Waals surface area contributed by atoms with Crippen molar-refractivity contribution in [2.24, 2.45) is 0 Å². The maximum atomic E-state index is 11.3. The van der Waals surface area contributed by atoms with Crippen molar-refractivity contribution in [2.45, 2.75) is 32.4 Å². The lowest BCUT2D eigenvalue weighted by atomic mass is 10.2. The zero-order valence-electron chi connectivity index (χ0n) is 8.69. The van der Waals surface area contributed by atoms with Crippen LogP contribution >= 0.6 is 0 Å². The van der Waals surface area contributed by atoms with Gasteiger partial charge in [0.25, 0.3) is 0 Å². The Bertz CT molecular complexity index is 163. The minimum Gasteiger partial charge on any atom is -0.462 e. The summed E-state index contributed by atoms with van der Waals surface area (Å²) in [6.45, 7) is 3.91. The summed E-state index contributed by atoms with van der Waals surface area (Å²) in [5, 5.41) is 20.4. The lowest BCUT2D eigenvalue weighted by Gasteiger charge is -2.15. The molecule has 0 amide bonds. The van der Waals surface area contributed by atoms with E-state index in [1.807, 2.05) is 13.8 Å². The normalized spacial score (nSPS) is 14.9. The number of hydrogen-bond donors (Lipinski definition) is 3. The van der Waals surface area contributed by atoms with Gasteiger partial charge in [0.2, 0.25) is 0 Å². The number of nitrogens with one attached hydrogen (secondary N) is 1. The zero-order valence-corrected chi connectivity index (χ0v) is 8.69. The fraction of sp³-hybridized carbons (Fsp3) is 0.889. The zero-order chi connectivity index (χ0) is 11.0. The second kappa shape index (κ2) is 7.73. The average molecular weight is 205 g/mol. The third kappa shape index (κ3) is 5.16. The van der Waals surface area contributed by atoms with Crippen LogP contribution in [-0.4, -0.2) is 48.1 Å². The number of esters is 1. The molecule has 0 aromatic carbocycles. The van der Waals surface area contributed by atoms with Crippen molar-refractivity contribution >= 4 is 5.97 Å². The van der Waals surface area contributed by atoms with Gasteiger partial charge < -0.3 is 20.3 Å². The molecule has 0 saturated heterocycles. The van der Waals surface area contributed by atoms with Gasteiger partial charge in [-0.25, -0.2) is 0 Å². The first-order chi connectivity index (χ1) is 6.65. The minimum atomic E-state index is -0.988. The second-order valence-corrected chi connectivity index (χ2v) is 2.98. The van der Waals surface area contributed by atoms with Gasteiger partial charge in [-0.1, -0.05) is 13.8 Å². The Morgan fingerprint density at radius 2 is 2.14 bits per heavy atom. The van der Waals surface area contributed by atoms with E-state index in [9.17, 15) is 4.79 Å². The van der Waals surface area contributed by atoms with E-state index in [1.165, 1.54) is 0 Å². The van der Waals surface area contributed by atoms with Gasteiger partial charge in [-0.15, -0.1) is 0 Å². The highest BCUT2D eigenvalue weighted by molar-refractivity contribution is 5.75. The molecule has 0 spiro atoms. The summed E-state index contributed by atoms with van der Waals surface area (Å²) in [4.78, 5) is 11.3. The van der Waals surface area contributed by atoms with Gasteiger partial charge in [-0.05, 0) is 13.0 Å². The van der Waals surface area contributed by atoms with Crippen LogP contribution in [0.1, 0.15) is 20.3 Å². The molecule has 0 aromatic heterocycles. The first-order valence-electron chi connectivity index (χ1n) is 4.84. The molecule has 0 radical (unpaired) electrons. The molecule has 2 atom stereocenters. The van der Waals surface area contributed by atoms with Gasteiger partial charge in [0.05, 0.1) is 6.61 Å². The Balaban J connectivity index is 3.80. The molecule has 0 heterocycles. The van der Waals surface area contributed by atoms with E-state index in [2.05, 4.69) is 5.32 Å². The van der Waals surface area contributed by atoms with Gasteiger partial charge in [0.1, 0.15) is 18.8 Å². The van der Waals surface area contributed by atoms with E-state index in [1.54, 1.807) is 0 Å². The highest BCUT2D eigenvalue weighted by Gasteiger charge is 2.17. The molecule has 0 aromatic rings. The van der Waals surface area contributed by atoms with Crippen LogP contribution in [0, 0.1) is 0 Å². The summed E-state index contributed by atoms with van der Waals surface area (Å²) in [7, 11) is 0. The Morgan fingerprint density at radius 3 is 2.57 bits per heavy atom. The molecule has 0 saturated carbocycles. The molecule has 5 nitrogen and oxygen atoms in total. The Kier molecular flexibility index (Phi) is 7.37. The molecule has 0 bridgehead atoms. The fourth-order valence-corrected chi connectivity index (χ4v) is 0.972. The largest absolute Gasteiger partial charge is 0.462 e. The van der Waals surface area contributed by atoms with Crippen LogP contribution in [0.25, 0.3) is 0 Å². The molecule has 14 heavy (non-hydrogen) atoms.